The Morgan fingerprint density at radius 3 is 2.50 bits per heavy atom. The minimum Gasteiger partial charge on any atom is -0.239 e. The summed E-state index contributed by atoms with van der Waals surface area (Å²) in [5, 5.41) is 5.63. The van der Waals surface area contributed by atoms with Gasteiger partial charge in [-0.15, -0.1) is 0 Å². The molecule has 0 aliphatic heterocycles. The summed E-state index contributed by atoms with van der Waals surface area (Å²) in [4.78, 5) is 0. The summed E-state index contributed by atoms with van der Waals surface area (Å²) in [5.41, 5.74) is 2.26. The average Bonchev–Trinajstić information content (AvgIpc) is 2.65. The molecule has 0 N–H and O–H groups in total. The van der Waals surface area contributed by atoms with Crippen LogP contribution in [0.25, 0.3) is 5.69 Å². The highest BCUT2D eigenvalue weighted by Crippen LogP contribution is 2.13. The number of nitrogens with zero attached hydrogens (tertiary/aromatic N) is 2. The highest BCUT2D eigenvalue weighted by atomic mass is 79.9. The standard InChI is InChI=1S/C10H8BrClN2/c11-5-8-1-3-10(4-2-8)14-7-9(12)6-13-14/h1-4,6-7H,5H2. The first kappa shape index (κ1) is 9.74. The summed E-state index contributed by atoms with van der Waals surface area (Å²) in [6.07, 6.45) is 3.41. The predicted molar refractivity (Wildman–Crippen MR) is 61.2 cm³/mol. The topological polar surface area (TPSA) is 17.8 Å². The zero-order valence-electron chi connectivity index (χ0n) is 7.32. The SMILES string of the molecule is Clc1cnn(-c2ccc(CBr)cc2)c1. The van der Waals surface area contributed by atoms with E-state index in [0.29, 0.717) is 5.02 Å². The van der Waals surface area contributed by atoms with E-state index in [-0.39, 0.29) is 0 Å². The first-order chi connectivity index (χ1) is 6.79. The van der Waals surface area contributed by atoms with Gasteiger partial charge >= 0.3 is 0 Å². The van der Waals surface area contributed by atoms with Crippen LogP contribution in [0.15, 0.2) is 36.7 Å². The van der Waals surface area contributed by atoms with Crippen LogP contribution in [-0.4, -0.2) is 9.78 Å². The Hall–Kier alpha value is -0.800. The lowest BCUT2D eigenvalue weighted by molar-refractivity contribution is 0.880. The van der Waals surface area contributed by atoms with Crippen LogP contribution in [-0.2, 0) is 5.33 Å². The molecule has 0 saturated carbocycles. The lowest BCUT2D eigenvalue weighted by Gasteiger charge is -2.01. The van der Waals surface area contributed by atoms with E-state index < -0.39 is 0 Å². The van der Waals surface area contributed by atoms with Gasteiger partial charge in [-0.05, 0) is 17.7 Å². The van der Waals surface area contributed by atoms with Crippen molar-refractivity contribution in [2.45, 2.75) is 5.33 Å². The Balaban J connectivity index is 2.33. The summed E-state index contributed by atoms with van der Waals surface area (Å²) < 4.78 is 1.75. The second-order valence-electron chi connectivity index (χ2n) is 2.90. The minimum absolute atomic E-state index is 0.648. The van der Waals surface area contributed by atoms with Crippen LogP contribution in [0.1, 0.15) is 5.56 Å². The van der Waals surface area contributed by atoms with Gasteiger partial charge in [0.15, 0.2) is 0 Å². The van der Waals surface area contributed by atoms with Crippen LogP contribution in [0.3, 0.4) is 0 Å². The summed E-state index contributed by atoms with van der Waals surface area (Å²) in [6, 6.07) is 8.14. The van der Waals surface area contributed by atoms with Gasteiger partial charge in [-0.25, -0.2) is 4.68 Å². The van der Waals surface area contributed by atoms with Crippen LogP contribution >= 0.6 is 27.5 Å². The number of hydrogen-bond acceptors (Lipinski definition) is 1. The first-order valence-corrected chi connectivity index (χ1v) is 5.65. The number of rotatable bonds is 2. The number of aromatic nitrogens is 2. The lowest BCUT2D eigenvalue weighted by Crippen LogP contribution is -1.93. The van der Waals surface area contributed by atoms with E-state index in [1.165, 1.54) is 5.56 Å². The summed E-state index contributed by atoms with van der Waals surface area (Å²) in [5.74, 6) is 0. The zero-order chi connectivity index (χ0) is 9.97. The van der Waals surface area contributed by atoms with Gasteiger partial charge in [-0.2, -0.15) is 5.10 Å². The van der Waals surface area contributed by atoms with Gasteiger partial charge in [0, 0.05) is 11.5 Å². The molecule has 2 nitrogen and oxygen atoms in total. The molecule has 0 unspecified atom stereocenters. The fraction of sp³-hybridized carbons (Fsp3) is 0.100. The summed E-state index contributed by atoms with van der Waals surface area (Å²) >= 11 is 9.18. The summed E-state index contributed by atoms with van der Waals surface area (Å²) in [7, 11) is 0. The molecule has 1 aromatic carbocycles. The van der Waals surface area contributed by atoms with E-state index in [0.717, 1.165) is 11.0 Å². The number of halogens is 2. The molecule has 0 spiro atoms. The van der Waals surface area contributed by atoms with Gasteiger partial charge in [0.2, 0.25) is 0 Å². The van der Waals surface area contributed by atoms with Crippen molar-refractivity contribution < 1.29 is 0 Å². The minimum atomic E-state index is 0.648. The van der Waals surface area contributed by atoms with Crippen LogP contribution in [0.5, 0.6) is 0 Å². The molecule has 0 saturated heterocycles. The fourth-order valence-electron chi connectivity index (χ4n) is 1.18. The normalized spacial score (nSPS) is 10.4. The van der Waals surface area contributed by atoms with Gasteiger partial charge < -0.3 is 0 Å². The Labute approximate surface area is 95.6 Å². The van der Waals surface area contributed by atoms with E-state index in [1.807, 2.05) is 12.1 Å². The summed E-state index contributed by atoms with van der Waals surface area (Å²) in [6.45, 7) is 0. The molecule has 2 aromatic rings. The van der Waals surface area contributed by atoms with Crippen molar-refractivity contribution in [3.8, 4) is 5.69 Å². The van der Waals surface area contributed by atoms with Crippen molar-refractivity contribution in [1.82, 2.24) is 9.78 Å². The van der Waals surface area contributed by atoms with Crippen LogP contribution < -0.4 is 0 Å². The van der Waals surface area contributed by atoms with E-state index in [9.17, 15) is 0 Å². The Morgan fingerprint density at radius 2 is 2.00 bits per heavy atom. The van der Waals surface area contributed by atoms with Crippen molar-refractivity contribution in [3.05, 3.63) is 47.2 Å². The highest BCUT2D eigenvalue weighted by Gasteiger charge is 1.98. The molecule has 4 heteroatoms. The Morgan fingerprint density at radius 1 is 1.29 bits per heavy atom. The second kappa shape index (κ2) is 4.15. The van der Waals surface area contributed by atoms with Crippen LogP contribution in [0, 0.1) is 0 Å². The molecule has 0 aliphatic carbocycles. The monoisotopic (exact) mass is 270 g/mol. The van der Waals surface area contributed by atoms with E-state index in [4.69, 9.17) is 11.6 Å². The highest BCUT2D eigenvalue weighted by molar-refractivity contribution is 9.08. The van der Waals surface area contributed by atoms with Crippen LogP contribution in [0.4, 0.5) is 0 Å². The molecule has 0 amide bonds. The number of alkyl halides is 1. The van der Waals surface area contributed by atoms with E-state index in [2.05, 4.69) is 33.2 Å². The predicted octanol–water partition coefficient (Wildman–Crippen LogP) is 3.42. The third kappa shape index (κ3) is 1.99. The molecule has 0 atom stereocenters. The van der Waals surface area contributed by atoms with Crippen molar-refractivity contribution in [3.63, 3.8) is 0 Å². The molecule has 72 valence electrons. The quantitative estimate of drug-likeness (QED) is 0.765. The Bertz CT molecular complexity index is 422. The maximum Gasteiger partial charge on any atom is 0.0790 e. The molecule has 14 heavy (non-hydrogen) atoms. The number of benzene rings is 1. The van der Waals surface area contributed by atoms with Crippen LogP contribution in [0.2, 0.25) is 5.02 Å². The average molecular weight is 272 g/mol. The molecular formula is C10H8BrClN2. The smallest absolute Gasteiger partial charge is 0.0790 e. The molecule has 2 rings (SSSR count). The molecule has 0 bridgehead atoms. The molecule has 0 radical (unpaired) electrons. The number of hydrogen-bond donors (Lipinski definition) is 0. The molecule has 1 heterocycles. The molecule has 1 aromatic heterocycles. The van der Waals surface area contributed by atoms with Gasteiger partial charge in [0.05, 0.1) is 16.9 Å². The van der Waals surface area contributed by atoms with Gasteiger partial charge in [0.1, 0.15) is 0 Å². The van der Waals surface area contributed by atoms with Gasteiger partial charge in [0.25, 0.3) is 0 Å². The first-order valence-electron chi connectivity index (χ1n) is 4.15. The third-order valence-corrected chi connectivity index (χ3v) is 2.75. The Kier molecular flexibility index (Phi) is 2.89. The molecule has 0 fully saturated rings. The molecular weight excluding hydrogens is 263 g/mol. The maximum absolute atomic E-state index is 5.78. The second-order valence-corrected chi connectivity index (χ2v) is 3.90. The van der Waals surface area contributed by atoms with Gasteiger partial charge in [-0.1, -0.05) is 39.7 Å². The van der Waals surface area contributed by atoms with Crippen molar-refractivity contribution in [2.24, 2.45) is 0 Å². The van der Waals surface area contributed by atoms with Crippen molar-refractivity contribution in [1.29, 1.82) is 0 Å². The molecule has 0 aliphatic rings. The zero-order valence-corrected chi connectivity index (χ0v) is 9.66. The van der Waals surface area contributed by atoms with Gasteiger partial charge in [-0.3, -0.25) is 0 Å². The van der Waals surface area contributed by atoms with Crippen molar-refractivity contribution >= 4 is 27.5 Å². The largest absolute Gasteiger partial charge is 0.239 e. The lowest BCUT2D eigenvalue weighted by atomic mass is 10.2. The fourth-order valence-corrected chi connectivity index (χ4v) is 1.69. The van der Waals surface area contributed by atoms with E-state index >= 15 is 0 Å². The maximum atomic E-state index is 5.78. The third-order valence-electron chi connectivity index (χ3n) is 1.91. The van der Waals surface area contributed by atoms with E-state index in [1.54, 1.807) is 17.1 Å². The van der Waals surface area contributed by atoms with Crippen molar-refractivity contribution in [2.75, 3.05) is 0 Å².